The molecule has 0 bridgehead atoms. The Morgan fingerprint density at radius 1 is 1.45 bits per heavy atom. The number of H-pyrrole nitrogens is 1. The van der Waals surface area contributed by atoms with Gasteiger partial charge in [-0.1, -0.05) is 12.1 Å². The zero-order valence-electron chi connectivity index (χ0n) is 12.1. The van der Waals surface area contributed by atoms with Crippen LogP contribution in [0.3, 0.4) is 0 Å². The molecular weight excluding hydrogens is 284 g/mol. The first-order valence-electron chi connectivity index (χ1n) is 7.02. The van der Waals surface area contributed by atoms with Gasteiger partial charge in [-0.25, -0.2) is 9.78 Å². The van der Waals surface area contributed by atoms with Gasteiger partial charge in [-0.15, -0.1) is 0 Å². The zero-order chi connectivity index (χ0) is 15.5. The van der Waals surface area contributed by atoms with Crippen molar-refractivity contribution in [1.29, 1.82) is 0 Å². The normalized spacial score (nSPS) is 12.4. The van der Waals surface area contributed by atoms with Crippen LogP contribution in [0.25, 0.3) is 11.1 Å². The van der Waals surface area contributed by atoms with E-state index < -0.39 is 11.8 Å². The molecule has 0 saturated carbocycles. The van der Waals surface area contributed by atoms with Gasteiger partial charge in [0.15, 0.2) is 5.58 Å². The van der Waals surface area contributed by atoms with Gasteiger partial charge < -0.3 is 14.7 Å². The van der Waals surface area contributed by atoms with E-state index in [2.05, 4.69) is 15.3 Å². The van der Waals surface area contributed by atoms with Crippen molar-refractivity contribution in [2.45, 2.75) is 19.4 Å². The number of para-hydroxylation sites is 2. The number of hydrogen-bond donors (Lipinski definition) is 2. The molecule has 0 saturated heterocycles. The number of amides is 1. The molecule has 2 aromatic heterocycles. The summed E-state index contributed by atoms with van der Waals surface area (Å²) in [6, 6.07) is 6.41. The van der Waals surface area contributed by atoms with Crippen molar-refractivity contribution in [3.05, 3.63) is 53.0 Å². The van der Waals surface area contributed by atoms with Gasteiger partial charge in [0.05, 0.1) is 11.8 Å². The number of carbonyl (C=O) groups is 1. The third kappa shape index (κ3) is 2.65. The Labute approximate surface area is 126 Å². The number of benzene rings is 1. The molecule has 22 heavy (non-hydrogen) atoms. The third-order valence-corrected chi connectivity index (χ3v) is 3.53. The summed E-state index contributed by atoms with van der Waals surface area (Å²) < 4.78 is 6.51. The highest BCUT2D eigenvalue weighted by Crippen LogP contribution is 2.16. The molecule has 1 atom stereocenters. The summed E-state index contributed by atoms with van der Waals surface area (Å²) in [5.74, 6) is -0.759. The van der Waals surface area contributed by atoms with E-state index in [1.165, 1.54) is 4.57 Å². The molecule has 114 valence electrons. The third-order valence-electron chi connectivity index (χ3n) is 3.53. The number of nitrogens with zero attached hydrogens (tertiary/aromatic N) is 2. The molecule has 2 N–H and O–H groups in total. The number of aromatic nitrogens is 3. The van der Waals surface area contributed by atoms with Gasteiger partial charge in [-0.2, -0.15) is 0 Å². The lowest BCUT2D eigenvalue weighted by Gasteiger charge is -2.12. The van der Waals surface area contributed by atoms with Crippen LogP contribution in [0.2, 0.25) is 0 Å². The van der Waals surface area contributed by atoms with Gasteiger partial charge in [0.25, 0.3) is 0 Å². The molecule has 2 heterocycles. The summed E-state index contributed by atoms with van der Waals surface area (Å²) in [6.07, 6.45) is 3.96. The lowest BCUT2D eigenvalue weighted by Crippen LogP contribution is -2.35. The predicted octanol–water partition coefficient (Wildman–Crippen LogP) is 1.24. The van der Waals surface area contributed by atoms with Crippen LogP contribution in [0.4, 0.5) is 0 Å². The fourth-order valence-corrected chi connectivity index (χ4v) is 2.36. The van der Waals surface area contributed by atoms with Crippen molar-refractivity contribution in [1.82, 2.24) is 19.9 Å². The molecule has 7 nitrogen and oxygen atoms in total. The first kappa shape index (κ1) is 14.1. The van der Waals surface area contributed by atoms with Crippen molar-refractivity contribution in [2.24, 2.45) is 0 Å². The first-order chi connectivity index (χ1) is 10.7. The molecule has 0 aliphatic carbocycles. The summed E-state index contributed by atoms with van der Waals surface area (Å²) in [6.45, 7) is 2.14. The minimum Gasteiger partial charge on any atom is -0.408 e. The summed E-state index contributed by atoms with van der Waals surface area (Å²) in [4.78, 5) is 31.1. The van der Waals surface area contributed by atoms with Crippen LogP contribution in [0.5, 0.6) is 0 Å². The number of aromatic amines is 1. The number of nitrogens with one attached hydrogen (secondary N) is 2. The van der Waals surface area contributed by atoms with Gasteiger partial charge in [0.2, 0.25) is 5.91 Å². The SMILES string of the molecule is C[C@H](C(=O)NCCc1cnc[nH]1)n1c(=O)oc2ccccc21. The molecule has 3 rings (SSSR count). The molecule has 1 amide bonds. The summed E-state index contributed by atoms with van der Waals surface area (Å²) in [5.41, 5.74) is 2.03. The maximum Gasteiger partial charge on any atom is 0.420 e. The van der Waals surface area contributed by atoms with E-state index in [9.17, 15) is 9.59 Å². The molecule has 0 unspecified atom stereocenters. The Hall–Kier alpha value is -2.83. The van der Waals surface area contributed by atoms with Crippen LogP contribution in [0.15, 0.2) is 46.0 Å². The van der Waals surface area contributed by atoms with E-state index in [0.717, 1.165) is 5.69 Å². The van der Waals surface area contributed by atoms with Crippen LogP contribution in [-0.2, 0) is 11.2 Å². The monoisotopic (exact) mass is 300 g/mol. The molecule has 3 aromatic rings. The second-order valence-electron chi connectivity index (χ2n) is 5.00. The average molecular weight is 300 g/mol. The van der Waals surface area contributed by atoms with E-state index in [1.54, 1.807) is 43.7 Å². The van der Waals surface area contributed by atoms with Crippen LogP contribution in [0.1, 0.15) is 18.7 Å². The van der Waals surface area contributed by atoms with Gasteiger partial charge in [0.1, 0.15) is 6.04 Å². The van der Waals surface area contributed by atoms with Crippen LogP contribution in [-0.4, -0.2) is 27.0 Å². The molecule has 1 aromatic carbocycles. The highest BCUT2D eigenvalue weighted by atomic mass is 16.4. The average Bonchev–Trinajstić information content (AvgIpc) is 3.13. The fourth-order valence-electron chi connectivity index (χ4n) is 2.36. The molecule has 0 fully saturated rings. The Bertz CT molecular complexity index is 832. The minimum absolute atomic E-state index is 0.229. The van der Waals surface area contributed by atoms with Crippen molar-refractivity contribution in [2.75, 3.05) is 6.54 Å². The molecular formula is C15H16N4O3. The van der Waals surface area contributed by atoms with E-state index in [1.807, 2.05) is 0 Å². The molecule has 0 aliphatic rings. The quantitative estimate of drug-likeness (QED) is 0.741. The first-order valence-corrected chi connectivity index (χ1v) is 7.02. The Morgan fingerprint density at radius 2 is 2.27 bits per heavy atom. The van der Waals surface area contributed by atoms with Crippen molar-refractivity contribution in [3.63, 3.8) is 0 Å². The van der Waals surface area contributed by atoms with E-state index in [-0.39, 0.29) is 5.91 Å². The Balaban J connectivity index is 1.72. The Kier molecular flexibility index (Phi) is 3.78. The number of hydrogen-bond acceptors (Lipinski definition) is 4. The standard InChI is InChI=1S/C15H16N4O3/c1-10(14(20)17-7-6-11-8-16-9-18-11)19-12-4-2-3-5-13(12)22-15(19)21/h2-5,8-10H,6-7H2,1H3,(H,16,18)(H,17,20)/t10-/m1/s1. The molecule has 0 radical (unpaired) electrons. The van der Waals surface area contributed by atoms with Gasteiger partial charge in [0, 0.05) is 24.9 Å². The number of oxazole rings is 1. The fraction of sp³-hybridized carbons (Fsp3) is 0.267. The summed E-state index contributed by atoms with van der Waals surface area (Å²) >= 11 is 0. The number of rotatable bonds is 5. The second-order valence-corrected chi connectivity index (χ2v) is 5.00. The highest BCUT2D eigenvalue weighted by Gasteiger charge is 2.20. The predicted molar refractivity (Wildman–Crippen MR) is 80.5 cm³/mol. The van der Waals surface area contributed by atoms with Gasteiger partial charge >= 0.3 is 5.76 Å². The maximum atomic E-state index is 12.2. The number of fused-ring (bicyclic) bond motifs is 1. The van der Waals surface area contributed by atoms with Crippen molar-refractivity contribution in [3.8, 4) is 0 Å². The number of carbonyl (C=O) groups excluding carboxylic acids is 1. The number of imidazole rings is 1. The Morgan fingerprint density at radius 3 is 3.05 bits per heavy atom. The molecule has 7 heteroatoms. The van der Waals surface area contributed by atoms with Crippen molar-refractivity contribution >= 4 is 17.0 Å². The minimum atomic E-state index is -0.641. The van der Waals surface area contributed by atoms with E-state index in [4.69, 9.17) is 4.42 Å². The topological polar surface area (TPSA) is 92.9 Å². The van der Waals surface area contributed by atoms with Gasteiger partial charge in [-0.3, -0.25) is 9.36 Å². The summed E-state index contributed by atoms with van der Waals surface area (Å²) in [7, 11) is 0. The van der Waals surface area contributed by atoms with Crippen LogP contribution >= 0.6 is 0 Å². The maximum absolute atomic E-state index is 12.2. The van der Waals surface area contributed by atoms with E-state index in [0.29, 0.717) is 24.1 Å². The molecule has 0 spiro atoms. The summed E-state index contributed by atoms with van der Waals surface area (Å²) in [5, 5.41) is 2.81. The van der Waals surface area contributed by atoms with E-state index >= 15 is 0 Å². The lowest BCUT2D eigenvalue weighted by atomic mass is 10.2. The largest absolute Gasteiger partial charge is 0.420 e. The second kappa shape index (κ2) is 5.88. The smallest absolute Gasteiger partial charge is 0.408 e. The highest BCUT2D eigenvalue weighted by molar-refractivity contribution is 5.82. The van der Waals surface area contributed by atoms with Gasteiger partial charge in [-0.05, 0) is 19.1 Å². The van der Waals surface area contributed by atoms with Crippen molar-refractivity contribution < 1.29 is 9.21 Å². The van der Waals surface area contributed by atoms with Crippen LogP contribution < -0.4 is 11.1 Å². The lowest BCUT2D eigenvalue weighted by molar-refractivity contribution is -0.123. The van der Waals surface area contributed by atoms with Crippen LogP contribution in [0, 0.1) is 0 Å². The zero-order valence-corrected chi connectivity index (χ0v) is 12.1. The molecule has 0 aliphatic heterocycles.